The zero-order valence-corrected chi connectivity index (χ0v) is 9.76. The fourth-order valence-electron chi connectivity index (χ4n) is 1.24. The van der Waals surface area contributed by atoms with Gasteiger partial charge in [-0.3, -0.25) is 0 Å². The molecule has 0 spiro atoms. The van der Waals surface area contributed by atoms with Gasteiger partial charge in [0.1, 0.15) is 9.84 Å². The first-order valence-corrected chi connectivity index (χ1v) is 6.81. The molecular weight excluding hydrogens is 208 g/mol. The molecule has 1 aromatic rings. The smallest absolute Gasteiger partial charge is 0.150 e. The monoisotopic (exact) mass is 224 g/mol. The number of allylic oxidation sites excluding steroid dienone is 1. The number of rotatable bonds is 5. The van der Waals surface area contributed by atoms with Gasteiger partial charge in [-0.15, -0.1) is 0 Å². The Balaban J connectivity index is 2.59. The van der Waals surface area contributed by atoms with Crippen molar-refractivity contribution in [3.8, 4) is 0 Å². The molecule has 0 amide bonds. The second-order valence-electron chi connectivity index (χ2n) is 3.46. The van der Waals surface area contributed by atoms with Gasteiger partial charge in [-0.2, -0.15) is 0 Å². The van der Waals surface area contributed by atoms with Crippen molar-refractivity contribution in [2.24, 2.45) is 0 Å². The SMILES string of the molecule is C=C(CCS(=O)(=O)CC)c1ccccc1. The molecule has 0 unspecified atom stereocenters. The predicted molar refractivity (Wildman–Crippen MR) is 64.4 cm³/mol. The van der Waals surface area contributed by atoms with E-state index in [0.29, 0.717) is 6.42 Å². The number of benzene rings is 1. The van der Waals surface area contributed by atoms with Crippen LogP contribution in [-0.2, 0) is 9.84 Å². The summed E-state index contributed by atoms with van der Waals surface area (Å²) < 4.78 is 22.6. The molecule has 15 heavy (non-hydrogen) atoms. The van der Waals surface area contributed by atoms with Gasteiger partial charge in [0.2, 0.25) is 0 Å². The third-order valence-corrected chi connectivity index (χ3v) is 4.04. The Morgan fingerprint density at radius 2 is 1.87 bits per heavy atom. The van der Waals surface area contributed by atoms with E-state index in [2.05, 4.69) is 6.58 Å². The van der Waals surface area contributed by atoms with Crippen molar-refractivity contribution in [2.75, 3.05) is 11.5 Å². The first-order valence-electron chi connectivity index (χ1n) is 4.99. The molecule has 0 atom stereocenters. The summed E-state index contributed by atoms with van der Waals surface area (Å²) in [7, 11) is -2.88. The highest BCUT2D eigenvalue weighted by molar-refractivity contribution is 7.91. The summed E-state index contributed by atoms with van der Waals surface area (Å²) in [5.74, 6) is 0.395. The maximum atomic E-state index is 11.3. The lowest BCUT2D eigenvalue weighted by Crippen LogP contribution is -2.08. The molecule has 0 N–H and O–H groups in total. The van der Waals surface area contributed by atoms with Gasteiger partial charge in [0, 0.05) is 5.75 Å². The van der Waals surface area contributed by atoms with E-state index in [9.17, 15) is 8.42 Å². The molecule has 0 aliphatic carbocycles. The molecule has 0 aliphatic rings. The second-order valence-corrected chi connectivity index (χ2v) is 5.93. The highest BCUT2D eigenvalue weighted by Crippen LogP contribution is 2.16. The molecule has 82 valence electrons. The quantitative estimate of drug-likeness (QED) is 0.770. The molecule has 1 aromatic carbocycles. The lowest BCUT2D eigenvalue weighted by molar-refractivity contribution is 0.597. The molecule has 3 heteroatoms. The van der Waals surface area contributed by atoms with Gasteiger partial charge < -0.3 is 0 Å². The number of hydrogen-bond acceptors (Lipinski definition) is 2. The fourth-order valence-corrected chi connectivity index (χ4v) is 2.09. The molecule has 0 bridgehead atoms. The summed E-state index contributed by atoms with van der Waals surface area (Å²) in [4.78, 5) is 0. The summed E-state index contributed by atoms with van der Waals surface area (Å²) in [6.45, 7) is 5.57. The van der Waals surface area contributed by atoms with E-state index < -0.39 is 9.84 Å². The van der Waals surface area contributed by atoms with Crippen molar-refractivity contribution in [3.63, 3.8) is 0 Å². The summed E-state index contributed by atoms with van der Waals surface area (Å²) in [5.41, 5.74) is 1.90. The van der Waals surface area contributed by atoms with Crippen LogP contribution in [0.4, 0.5) is 0 Å². The summed E-state index contributed by atoms with van der Waals surface area (Å²) in [6, 6.07) is 9.67. The summed E-state index contributed by atoms with van der Waals surface area (Å²) in [5, 5.41) is 0. The van der Waals surface area contributed by atoms with Crippen LogP contribution in [0.25, 0.3) is 5.57 Å². The highest BCUT2D eigenvalue weighted by atomic mass is 32.2. The Hall–Kier alpha value is -1.09. The predicted octanol–water partition coefficient (Wildman–Crippen LogP) is 2.52. The van der Waals surface area contributed by atoms with Crippen LogP contribution in [0.3, 0.4) is 0 Å². The molecule has 0 aliphatic heterocycles. The van der Waals surface area contributed by atoms with Crippen molar-refractivity contribution >= 4 is 15.4 Å². The molecule has 2 nitrogen and oxygen atoms in total. The fraction of sp³-hybridized carbons (Fsp3) is 0.333. The molecule has 0 aromatic heterocycles. The van der Waals surface area contributed by atoms with Crippen LogP contribution in [0.2, 0.25) is 0 Å². The minimum absolute atomic E-state index is 0.192. The minimum atomic E-state index is -2.88. The first kappa shape index (κ1) is 12.0. The van der Waals surface area contributed by atoms with E-state index in [-0.39, 0.29) is 11.5 Å². The molecule has 0 saturated heterocycles. The van der Waals surface area contributed by atoms with Crippen LogP contribution in [0.5, 0.6) is 0 Å². The first-order chi connectivity index (χ1) is 7.05. The molecule has 0 radical (unpaired) electrons. The van der Waals surface area contributed by atoms with Crippen molar-refractivity contribution in [2.45, 2.75) is 13.3 Å². The van der Waals surface area contributed by atoms with E-state index >= 15 is 0 Å². The normalized spacial score (nSPS) is 11.3. The van der Waals surface area contributed by atoms with Crippen LogP contribution < -0.4 is 0 Å². The van der Waals surface area contributed by atoms with E-state index in [1.807, 2.05) is 30.3 Å². The van der Waals surface area contributed by atoms with E-state index in [1.165, 1.54) is 0 Å². The summed E-state index contributed by atoms with van der Waals surface area (Å²) in [6.07, 6.45) is 0.514. The van der Waals surface area contributed by atoms with Crippen LogP contribution >= 0.6 is 0 Å². The Kier molecular flexibility index (Phi) is 4.09. The second kappa shape index (κ2) is 5.12. The largest absolute Gasteiger partial charge is 0.229 e. The van der Waals surface area contributed by atoms with Crippen LogP contribution in [0, 0.1) is 0 Å². The molecule has 1 rings (SSSR count). The van der Waals surface area contributed by atoms with Crippen LogP contribution in [0.15, 0.2) is 36.9 Å². The lowest BCUT2D eigenvalue weighted by Gasteiger charge is -2.05. The third kappa shape index (κ3) is 3.88. The highest BCUT2D eigenvalue weighted by Gasteiger charge is 2.08. The van der Waals surface area contributed by atoms with Gasteiger partial charge in [-0.25, -0.2) is 8.42 Å². The Morgan fingerprint density at radius 1 is 1.27 bits per heavy atom. The van der Waals surface area contributed by atoms with E-state index in [4.69, 9.17) is 0 Å². The maximum absolute atomic E-state index is 11.3. The lowest BCUT2D eigenvalue weighted by atomic mass is 10.1. The minimum Gasteiger partial charge on any atom is -0.229 e. The van der Waals surface area contributed by atoms with Crippen molar-refractivity contribution in [3.05, 3.63) is 42.5 Å². The van der Waals surface area contributed by atoms with Crippen molar-refractivity contribution < 1.29 is 8.42 Å². The van der Waals surface area contributed by atoms with Gasteiger partial charge >= 0.3 is 0 Å². The Bertz CT molecular complexity index is 418. The topological polar surface area (TPSA) is 34.1 Å². The standard InChI is InChI=1S/C12H16O2S/c1-3-15(13,14)10-9-11(2)12-7-5-4-6-8-12/h4-8H,2-3,9-10H2,1H3. The zero-order valence-electron chi connectivity index (χ0n) is 8.94. The van der Waals surface area contributed by atoms with Gasteiger partial charge in [-0.1, -0.05) is 43.8 Å². The third-order valence-electron chi connectivity index (χ3n) is 2.34. The van der Waals surface area contributed by atoms with Crippen LogP contribution in [0.1, 0.15) is 18.9 Å². The molecule has 0 fully saturated rings. The van der Waals surface area contributed by atoms with E-state index in [1.54, 1.807) is 6.92 Å². The van der Waals surface area contributed by atoms with Crippen LogP contribution in [-0.4, -0.2) is 19.9 Å². The number of sulfone groups is 1. The number of hydrogen-bond donors (Lipinski definition) is 0. The molecule has 0 heterocycles. The summed E-state index contributed by atoms with van der Waals surface area (Å²) >= 11 is 0. The molecular formula is C12H16O2S. The van der Waals surface area contributed by atoms with Gasteiger partial charge in [0.25, 0.3) is 0 Å². The Morgan fingerprint density at radius 3 is 2.40 bits per heavy atom. The van der Waals surface area contributed by atoms with Gasteiger partial charge in [0.05, 0.1) is 5.75 Å². The average molecular weight is 224 g/mol. The van der Waals surface area contributed by atoms with E-state index in [0.717, 1.165) is 11.1 Å². The zero-order chi connectivity index (χ0) is 11.3. The van der Waals surface area contributed by atoms with Crippen molar-refractivity contribution in [1.82, 2.24) is 0 Å². The Labute approximate surface area is 91.6 Å². The van der Waals surface area contributed by atoms with Gasteiger partial charge in [-0.05, 0) is 17.6 Å². The molecule has 0 saturated carbocycles. The van der Waals surface area contributed by atoms with Gasteiger partial charge in [0.15, 0.2) is 0 Å². The maximum Gasteiger partial charge on any atom is 0.150 e. The van der Waals surface area contributed by atoms with Crippen molar-refractivity contribution in [1.29, 1.82) is 0 Å². The average Bonchev–Trinajstić information content (AvgIpc) is 2.27.